The molecule has 102 valence electrons. The van der Waals surface area contributed by atoms with Crippen molar-refractivity contribution in [3.8, 4) is 0 Å². The maximum absolute atomic E-state index is 13.0. The molecule has 1 aliphatic carbocycles. The van der Waals surface area contributed by atoms with E-state index in [1.165, 1.54) is 19.4 Å². The van der Waals surface area contributed by atoms with Gasteiger partial charge in [-0.1, -0.05) is 5.57 Å². The molecule has 0 saturated carbocycles. The van der Waals surface area contributed by atoms with Crippen molar-refractivity contribution in [1.29, 1.82) is 0 Å². The predicted molar refractivity (Wildman–Crippen MR) is 61.9 cm³/mol. The molecule has 19 heavy (non-hydrogen) atoms. The van der Waals surface area contributed by atoms with Gasteiger partial charge in [0.15, 0.2) is 0 Å². The standard InChI is InChI=1S/C12H12F3N3O/c1-7-3-11(2,12(13,14)15)4-9(19)10(7)8-5-16-6-17-18-8/h4-6,19H,3H2,1-2H3. The molecule has 0 aliphatic heterocycles. The van der Waals surface area contributed by atoms with Crippen LogP contribution in [0.5, 0.6) is 0 Å². The molecule has 0 fully saturated rings. The molecule has 0 radical (unpaired) electrons. The third-order valence-electron chi connectivity index (χ3n) is 3.15. The average Bonchev–Trinajstić information content (AvgIpc) is 2.27. The van der Waals surface area contributed by atoms with Crippen molar-refractivity contribution < 1.29 is 18.3 Å². The van der Waals surface area contributed by atoms with E-state index in [-0.39, 0.29) is 17.7 Å². The number of hydrogen-bond acceptors (Lipinski definition) is 4. The smallest absolute Gasteiger partial charge is 0.398 e. The van der Waals surface area contributed by atoms with Gasteiger partial charge in [0, 0.05) is 5.57 Å². The number of aliphatic hydroxyl groups is 1. The maximum Gasteiger partial charge on any atom is 0.398 e. The average molecular weight is 271 g/mol. The monoisotopic (exact) mass is 271 g/mol. The third-order valence-corrected chi connectivity index (χ3v) is 3.15. The Morgan fingerprint density at radius 1 is 1.37 bits per heavy atom. The van der Waals surface area contributed by atoms with Gasteiger partial charge in [-0.15, -0.1) is 10.2 Å². The Morgan fingerprint density at radius 3 is 2.53 bits per heavy atom. The van der Waals surface area contributed by atoms with Crippen molar-refractivity contribution in [2.75, 3.05) is 0 Å². The van der Waals surface area contributed by atoms with Crippen LogP contribution in [0.25, 0.3) is 5.57 Å². The minimum atomic E-state index is -4.42. The van der Waals surface area contributed by atoms with E-state index in [2.05, 4.69) is 15.2 Å². The molecule has 0 amide bonds. The molecule has 1 heterocycles. The van der Waals surface area contributed by atoms with Gasteiger partial charge in [-0.25, -0.2) is 4.98 Å². The van der Waals surface area contributed by atoms with Crippen molar-refractivity contribution in [2.24, 2.45) is 5.41 Å². The number of halogens is 3. The first kappa shape index (κ1) is 13.5. The van der Waals surface area contributed by atoms with Gasteiger partial charge in [0.2, 0.25) is 0 Å². The third kappa shape index (κ3) is 2.32. The molecule has 0 saturated heterocycles. The largest absolute Gasteiger partial charge is 0.508 e. The van der Waals surface area contributed by atoms with Crippen molar-refractivity contribution in [2.45, 2.75) is 26.4 Å². The first-order valence-corrected chi connectivity index (χ1v) is 5.56. The molecule has 1 aromatic heterocycles. The molecule has 4 nitrogen and oxygen atoms in total. The summed E-state index contributed by atoms with van der Waals surface area (Å²) in [6.07, 6.45) is -1.26. The first-order valence-electron chi connectivity index (χ1n) is 5.56. The zero-order valence-electron chi connectivity index (χ0n) is 10.4. The lowest BCUT2D eigenvalue weighted by Crippen LogP contribution is -2.35. The highest BCUT2D eigenvalue weighted by Gasteiger charge is 2.51. The van der Waals surface area contributed by atoms with Crippen LogP contribution >= 0.6 is 0 Å². The van der Waals surface area contributed by atoms with E-state index in [4.69, 9.17) is 0 Å². The van der Waals surface area contributed by atoms with E-state index in [9.17, 15) is 18.3 Å². The van der Waals surface area contributed by atoms with Crippen molar-refractivity contribution in [3.63, 3.8) is 0 Å². The van der Waals surface area contributed by atoms with Gasteiger partial charge in [-0.05, 0) is 26.3 Å². The normalized spacial score (nSPS) is 24.4. The number of nitrogens with zero attached hydrogens (tertiary/aromatic N) is 3. The lowest BCUT2D eigenvalue weighted by Gasteiger charge is -2.33. The number of hydrogen-bond donors (Lipinski definition) is 1. The zero-order valence-corrected chi connectivity index (χ0v) is 10.4. The molecule has 7 heteroatoms. The zero-order chi connectivity index (χ0) is 14.3. The van der Waals surface area contributed by atoms with Crippen LogP contribution in [0, 0.1) is 5.41 Å². The van der Waals surface area contributed by atoms with Gasteiger partial charge in [-0.2, -0.15) is 13.2 Å². The fraction of sp³-hybridized carbons (Fsp3) is 0.417. The minimum absolute atomic E-state index is 0.230. The Balaban J connectivity index is 2.47. The first-order chi connectivity index (χ1) is 8.74. The van der Waals surface area contributed by atoms with Crippen LogP contribution in [-0.4, -0.2) is 26.5 Å². The Kier molecular flexibility index (Phi) is 3.07. The van der Waals surface area contributed by atoms with Gasteiger partial charge in [-0.3, -0.25) is 0 Å². The highest BCUT2D eigenvalue weighted by Crippen LogP contribution is 2.49. The summed E-state index contributed by atoms with van der Waals surface area (Å²) in [7, 11) is 0. The molecule has 0 spiro atoms. The van der Waals surface area contributed by atoms with Crippen LogP contribution in [0.3, 0.4) is 0 Å². The summed E-state index contributed by atoms with van der Waals surface area (Å²) in [5.74, 6) is -0.439. The van der Waals surface area contributed by atoms with Gasteiger partial charge >= 0.3 is 6.18 Å². The van der Waals surface area contributed by atoms with Gasteiger partial charge in [0.05, 0.1) is 11.6 Å². The van der Waals surface area contributed by atoms with Crippen molar-refractivity contribution >= 4 is 5.57 Å². The van der Waals surface area contributed by atoms with Gasteiger partial charge in [0.25, 0.3) is 0 Å². The summed E-state index contributed by atoms with van der Waals surface area (Å²) in [6, 6.07) is 0. The Morgan fingerprint density at radius 2 is 2.05 bits per heavy atom. The fourth-order valence-electron chi connectivity index (χ4n) is 2.18. The molecule has 1 unspecified atom stereocenters. The van der Waals surface area contributed by atoms with Crippen LogP contribution in [0.15, 0.2) is 29.9 Å². The number of aromatic nitrogens is 3. The quantitative estimate of drug-likeness (QED) is 0.852. The maximum atomic E-state index is 13.0. The molecule has 1 N–H and O–H groups in total. The predicted octanol–water partition coefficient (Wildman–Crippen LogP) is 3.06. The summed E-state index contributed by atoms with van der Waals surface area (Å²) in [5, 5.41) is 17.2. The molecular weight excluding hydrogens is 259 g/mol. The molecule has 1 atom stereocenters. The second-order valence-electron chi connectivity index (χ2n) is 4.77. The van der Waals surface area contributed by atoms with Crippen molar-refractivity contribution in [3.05, 3.63) is 35.6 Å². The lowest BCUT2D eigenvalue weighted by atomic mass is 9.76. The molecule has 2 rings (SSSR count). The van der Waals surface area contributed by atoms with E-state index in [1.807, 2.05) is 0 Å². The number of allylic oxidation sites excluding steroid dienone is 3. The SMILES string of the molecule is CC1=C(c2cncnn2)C(O)=CC(C)(C(F)(F)F)C1. The summed E-state index contributed by atoms with van der Waals surface area (Å²) in [5.41, 5.74) is -1.14. The van der Waals surface area contributed by atoms with Crippen LogP contribution in [0.1, 0.15) is 26.0 Å². The number of alkyl halides is 3. The van der Waals surface area contributed by atoms with Gasteiger partial charge in [0.1, 0.15) is 17.8 Å². The minimum Gasteiger partial charge on any atom is -0.508 e. The summed E-state index contributed by atoms with van der Waals surface area (Å²) in [6.45, 7) is 2.59. The van der Waals surface area contributed by atoms with E-state index < -0.39 is 17.4 Å². The summed E-state index contributed by atoms with van der Waals surface area (Å²) < 4.78 is 38.9. The highest BCUT2D eigenvalue weighted by molar-refractivity contribution is 5.78. The van der Waals surface area contributed by atoms with Crippen LogP contribution in [0.2, 0.25) is 0 Å². The number of rotatable bonds is 1. The van der Waals surface area contributed by atoms with Gasteiger partial charge < -0.3 is 5.11 Å². The Labute approximate surface area is 107 Å². The second kappa shape index (κ2) is 4.32. The topological polar surface area (TPSA) is 58.9 Å². The molecule has 0 aromatic carbocycles. The summed E-state index contributed by atoms with van der Waals surface area (Å²) >= 11 is 0. The second-order valence-corrected chi connectivity index (χ2v) is 4.77. The van der Waals surface area contributed by atoms with E-state index >= 15 is 0 Å². The molecular formula is C12H12F3N3O. The fourth-order valence-corrected chi connectivity index (χ4v) is 2.18. The highest BCUT2D eigenvalue weighted by atomic mass is 19.4. The van der Waals surface area contributed by atoms with Crippen LogP contribution in [0.4, 0.5) is 13.2 Å². The lowest BCUT2D eigenvalue weighted by molar-refractivity contribution is -0.200. The number of aliphatic hydroxyl groups excluding tert-OH is 1. The van der Waals surface area contributed by atoms with Crippen molar-refractivity contribution in [1.82, 2.24) is 15.2 Å². The molecule has 1 aliphatic rings. The Bertz CT molecular complexity index is 551. The van der Waals surface area contributed by atoms with E-state index in [1.54, 1.807) is 0 Å². The molecule has 1 aromatic rings. The Hall–Kier alpha value is -1.92. The van der Waals surface area contributed by atoms with E-state index in [0.717, 1.165) is 13.0 Å². The van der Waals surface area contributed by atoms with Crippen LogP contribution in [-0.2, 0) is 0 Å². The summed E-state index contributed by atoms with van der Waals surface area (Å²) in [4.78, 5) is 3.75. The van der Waals surface area contributed by atoms with Crippen LogP contribution < -0.4 is 0 Å². The van der Waals surface area contributed by atoms with E-state index in [0.29, 0.717) is 5.57 Å². The molecule has 0 bridgehead atoms.